The van der Waals surface area contributed by atoms with Crippen LogP contribution in [0.5, 0.6) is 0 Å². The monoisotopic (exact) mass is 364 g/mol. The molecule has 1 amide bonds. The molecule has 1 fully saturated rings. The van der Waals surface area contributed by atoms with Gasteiger partial charge >= 0.3 is 0 Å². The number of aromatic nitrogens is 2. The number of sulfonamides is 1. The molecule has 1 aromatic heterocycles. The summed E-state index contributed by atoms with van der Waals surface area (Å²) in [5.74, 6) is -0.556. The first-order chi connectivity index (χ1) is 12.0. The van der Waals surface area contributed by atoms with Crippen LogP contribution in [0.1, 0.15) is 12.8 Å². The van der Waals surface area contributed by atoms with E-state index < -0.39 is 15.9 Å². The van der Waals surface area contributed by atoms with Gasteiger partial charge in [-0.2, -0.15) is 0 Å². The normalized spacial score (nSPS) is 15.5. The van der Waals surface area contributed by atoms with Gasteiger partial charge in [-0.15, -0.1) is 0 Å². The standard InChI is InChI=1S/C16H20N4O4S/c21-15(17-7-10-25(23,24)20-8-3-4-9-20)11-19-12-18-14-6-2-1-5-13(14)16(19)22/h1-2,5-6,12H,3-4,7-11H2,(H,17,21). The maximum absolute atomic E-state index is 12.3. The van der Waals surface area contributed by atoms with Crippen molar-refractivity contribution < 1.29 is 13.2 Å². The van der Waals surface area contributed by atoms with Gasteiger partial charge in [0.05, 0.1) is 23.0 Å². The summed E-state index contributed by atoms with van der Waals surface area (Å²) in [6, 6.07) is 6.90. The minimum Gasteiger partial charge on any atom is -0.353 e. The van der Waals surface area contributed by atoms with E-state index in [1.807, 2.05) is 0 Å². The van der Waals surface area contributed by atoms with Crippen molar-refractivity contribution in [3.05, 3.63) is 40.9 Å². The second-order valence-electron chi connectivity index (χ2n) is 5.97. The maximum Gasteiger partial charge on any atom is 0.261 e. The van der Waals surface area contributed by atoms with Crippen LogP contribution in [0.4, 0.5) is 0 Å². The molecule has 8 nitrogen and oxygen atoms in total. The average Bonchev–Trinajstić information content (AvgIpc) is 3.13. The largest absolute Gasteiger partial charge is 0.353 e. The van der Waals surface area contributed by atoms with Crippen molar-refractivity contribution in [1.82, 2.24) is 19.2 Å². The first-order valence-corrected chi connectivity index (χ1v) is 9.77. The Bertz CT molecular complexity index is 933. The zero-order valence-corrected chi connectivity index (χ0v) is 14.5. The molecule has 2 heterocycles. The van der Waals surface area contributed by atoms with Gasteiger partial charge in [-0.05, 0) is 25.0 Å². The molecule has 1 aromatic carbocycles. The van der Waals surface area contributed by atoms with E-state index in [0.29, 0.717) is 24.0 Å². The molecule has 0 spiro atoms. The van der Waals surface area contributed by atoms with E-state index >= 15 is 0 Å². The van der Waals surface area contributed by atoms with E-state index in [9.17, 15) is 18.0 Å². The quantitative estimate of drug-likeness (QED) is 0.774. The van der Waals surface area contributed by atoms with Gasteiger partial charge in [-0.1, -0.05) is 12.1 Å². The number of amides is 1. The van der Waals surface area contributed by atoms with Crippen LogP contribution in [-0.2, 0) is 21.4 Å². The highest BCUT2D eigenvalue weighted by Crippen LogP contribution is 2.12. The minimum absolute atomic E-state index is 0.0213. The van der Waals surface area contributed by atoms with Crippen LogP contribution < -0.4 is 10.9 Å². The second kappa shape index (κ2) is 7.32. The number of benzene rings is 1. The molecule has 0 bridgehead atoms. The highest BCUT2D eigenvalue weighted by molar-refractivity contribution is 7.89. The van der Waals surface area contributed by atoms with Gasteiger partial charge < -0.3 is 5.32 Å². The number of para-hydroxylation sites is 1. The molecular formula is C16H20N4O4S. The summed E-state index contributed by atoms with van der Waals surface area (Å²) in [5.41, 5.74) is 0.270. The highest BCUT2D eigenvalue weighted by atomic mass is 32.2. The fraction of sp³-hybridized carbons (Fsp3) is 0.438. The highest BCUT2D eigenvalue weighted by Gasteiger charge is 2.24. The molecule has 0 aliphatic carbocycles. The van der Waals surface area contributed by atoms with Crippen LogP contribution in [0.25, 0.3) is 10.9 Å². The molecule has 25 heavy (non-hydrogen) atoms. The van der Waals surface area contributed by atoms with E-state index in [4.69, 9.17) is 0 Å². The first-order valence-electron chi connectivity index (χ1n) is 8.16. The lowest BCUT2D eigenvalue weighted by Gasteiger charge is -2.15. The summed E-state index contributed by atoms with van der Waals surface area (Å²) in [6.07, 6.45) is 3.08. The minimum atomic E-state index is -3.33. The summed E-state index contributed by atoms with van der Waals surface area (Å²) < 4.78 is 26.8. The van der Waals surface area contributed by atoms with Crippen molar-refractivity contribution >= 4 is 26.8 Å². The van der Waals surface area contributed by atoms with Crippen molar-refractivity contribution in [2.45, 2.75) is 19.4 Å². The van der Waals surface area contributed by atoms with Crippen molar-refractivity contribution in [1.29, 1.82) is 0 Å². The predicted molar refractivity (Wildman–Crippen MR) is 93.6 cm³/mol. The van der Waals surface area contributed by atoms with E-state index in [1.54, 1.807) is 24.3 Å². The van der Waals surface area contributed by atoms with Crippen LogP contribution >= 0.6 is 0 Å². The molecule has 1 aliphatic heterocycles. The molecular weight excluding hydrogens is 344 g/mol. The predicted octanol–water partition coefficient (Wildman–Crippen LogP) is -0.0617. The molecule has 3 rings (SSSR count). The molecule has 0 radical (unpaired) electrons. The Kier molecular flexibility index (Phi) is 5.14. The smallest absolute Gasteiger partial charge is 0.261 e. The zero-order valence-electron chi connectivity index (χ0n) is 13.7. The number of rotatable bonds is 6. The number of hydrogen-bond acceptors (Lipinski definition) is 5. The van der Waals surface area contributed by atoms with Crippen LogP contribution in [0, 0.1) is 0 Å². The summed E-state index contributed by atoms with van der Waals surface area (Å²) in [5, 5.41) is 2.99. The maximum atomic E-state index is 12.3. The fourth-order valence-electron chi connectivity index (χ4n) is 2.84. The van der Waals surface area contributed by atoms with Crippen molar-refractivity contribution in [3.63, 3.8) is 0 Å². The Morgan fingerprint density at radius 1 is 1.20 bits per heavy atom. The number of fused-ring (bicyclic) bond motifs is 1. The second-order valence-corrected chi connectivity index (χ2v) is 8.06. The molecule has 0 atom stereocenters. The van der Waals surface area contributed by atoms with E-state index in [0.717, 1.165) is 12.8 Å². The third kappa shape index (κ3) is 4.05. The topological polar surface area (TPSA) is 101 Å². The van der Waals surface area contributed by atoms with Gasteiger partial charge in [0, 0.05) is 19.6 Å². The van der Waals surface area contributed by atoms with E-state index in [-0.39, 0.29) is 24.4 Å². The van der Waals surface area contributed by atoms with Gasteiger partial charge in [0.15, 0.2) is 0 Å². The Morgan fingerprint density at radius 3 is 2.68 bits per heavy atom. The molecule has 9 heteroatoms. The van der Waals surface area contributed by atoms with Crippen LogP contribution in [0.15, 0.2) is 35.4 Å². The summed E-state index contributed by atoms with van der Waals surface area (Å²) in [7, 11) is -3.33. The molecule has 2 aromatic rings. The Hall–Kier alpha value is -2.26. The number of carbonyl (C=O) groups excluding carboxylic acids is 1. The number of nitrogens with zero attached hydrogens (tertiary/aromatic N) is 3. The van der Waals surface area contributed by atoms with E-state index in [1.165, 1.54) is 15.2 Å². The lowest BCUT2D eigenvalue weighted by Crippen LogP contribution is -2.38. The number of hydrogen-bond donors (Lipinski definition) is 1. The van der Waals surface area contributed by atoms with Gasteiger partial charge in [0.1, 0.15) is 6.54 Å². The first kappa shape index (κ1) is 17.6. The van der Waals surface area contributed by atoms with Crippen molar-refractivity contribution in [3.8, 4) is 0 Å². The lowest BCUT2D eigenvalue weighted by atomic mass is 10.2. The fourth-order valence-corrected chi connectivity index (χ4v) is 4.28. The van der Waals surface area contributed by atoms with Crippen molar-refractivity contribution in [2.75, 3.05) is 25.4 Å². The number of nitrogens with one attached hydrogen (secondary N) is 1. The van der Waals surface area contributed by atoms with Crippen LogP contribution in [0.2, 0.25) is 0 Å². The summed E-state index contributed by atoms with van der Waals surface area (Å²) >= 11 is 0. The third-order valence-corrected chi connectivity index (χ3v) is 6.06. The van der Waals surface area contributed by atoms with Gasteiger partial charge in [0.2, 0.25) is 15.9 Å². The molecule has 1 aliphatic rings. The Labute approximate surface area is 145 Å². The molecule has 0 unspecified atom stereocenters. The number of carbonyl (C=O) groups is 1. The average molecular weight is 364 g/mol. The van der Waals surface area contributed by atoms with E-state index in [2.05, 4.69) is 10.3 Å². The SMILES string of the molecule is O=C(Cn1cnc2ccccc2c1=O)NCCS(=O)(=O)N1CCCC1. The third-order valence-electron chi connectivity index (χ3n) is 4.19. The molecule has 1 N–H and O–H groups in total. The van der Waals surface area contributed by atoms with Gasteiger partial charge in [-0.25, -0.2) is 17.7 Å². The van der Waals surface area contributed by atoms with Crippen LogP contribution in [-0.4, -0.2) is 53.6 Å². The van der Waals surface area contributed by atoms with Crippen molar-refractivity contribution in [2.24, 2.45) is 0 Å². The summed E-state index contributed by atoms with van der Waals surface area (Å²) in [6.45, 7) is 0.927. The van der Waals surface area contributed by atoms with Gasteiger partial charge in [-0.3, -0.25) is 14.2 Å². The molecule has 1 saturated heterocycles. The molecule has 0 saturated carbocycles. The Morgan fingerprint density at radius 2 is 1.92 bits per heavy atom. The van der Waals surface area contributed by atoms with Crippen LogP contribution in [0.3, 0.4) is 0 Å². The molecule has 134 valence electrons. The lowest BCUT2D eigenvalue weighted by molar-refractivity contribution is -0.121. The van der Waals surface area contributed by atoms with Gasteiger partial charge in [0.25, 0.3) is 5.56 Å². The Balaban J connectivity index is 1.58. The zero-order chi connectivity index (χ0) is 17.9. The summed E-state index contributed by atoms with van der Waals surface area (Å²) in [4.78, 5) is 28.5.